The van der Waals surface area contributed by atoms with Gasteiger partial charge in [0.15, 0.2) is 0 Å². The zero-order valence-electron chi connectivity index (χ0n) is 23.5. The Balaban J connectivity index is 1.66. The van der Waals surface area contributed by atoms with Crippen LogP contribution in [0.3, 0.4) is 0 Å². The number of nitro groups is 1. The Labute approximate surface area is 262 Å². The fourth-order valence-corrected chi connectivity index (χ4v) is 6.57. The van der Waals surface area contributed by atoms with Gasteiger partial charge in [-0.25, -0.2) is 13.8 Å². The average molecular weight is 689 g/mol. The van der Waals surface area contributed by atoms with Crippen molar-refractivity contribution in [3.8, 4) is 11.4 Å². The number of amides is 1. The smallest absolute Gasteiger partial charge is 0.273 e. The van der Waals surface area contributed by atoms with Crippen molar-refractivity contribution in [1.82, 2.24) is 9.99 Å². The summed E-state index contributed by atoms with van der Waals surface area (Å²) >= 11 is 9.75. The van der Waals surface area contributed by atoms with Gasteiger partial charge in [0.25, 0.3) is 21.6 Å². The molecule has 0 atom stereocenters. The molecule has 0 aliphatic carbocycles. The second kappa shape index (κ2) is 13.0. The third kappa shape index (κ3) is 6.74. The van der Waals surface area contributed by atoms with Crippen molar-refractivity contribution in [3.05, 3.63) is 109 Å². The lowest BCUT2D eigenvalue weighted by Gasteiger charge is -2.25. The fourth-order valence-electron chi connectivity index (χ4n) is 4.49. The van der Waals surface area contributed by atoms with Gasteiger partial charge in [0.05, 0.1) is 34.5 Å². The quantitative estimate of drug-likeness (QED) is 0.122. The third-order valence-electron chi connectivity index (χ3n) is 6.62. The molecule has 0 radical (unpaired) electrons. The van der Waals surface area contributed by atoms with Gasteiger partial charge in [0.1, 0.15) is 12.3 Å². The topological polar surface area (TPSA) is 136 Å². The first-order valence-electron chi connectivity index (χ1n) is 12.7. The number of hydrogen-bond acceptors (Lipinski definition) is 7. The molecule has 0 aliphatic heterocycles. The summed E-state index contributed by atoms with van der Waals surface area (Å²) in [6.45, 7) is 4.62. The number of halogens is 2. The van der Waals surface area contributed by atoms with E-state index in [0.717, 1.165) is 37.5 Å². The number of aryl methyl sites for hydroxylation is 2. The number of carbonyl (C=O) groups excluding carboxylic acids is 1. The van der Waals surface area contributed by atoms with Crippen LogP contribution < -0.4 is 14.5 Å². The van der Waals surface area contributed by atoms with Crippen molar-refractivity contribution in [1.29, 1.82) is 0 Å². The predicted molar refractivity (Wildman–Crippen MR) is 169 cm³/mol. The van der Waals surface area contributed by atoms with Crippen LogP contribution in [0.2, 0.25) is 5.02 Å². The van der Waals surface area contributed by atoms with Gasteiger partial charge in [-0.15, -0.1) is 0 Å². The van der Waals surface area contributed by atoms with E-state index in [2.05, 4.69) is 26.5 Å². The highest BCUT2D eigenvalue weighted by molar-refractivity contribution is 9.10. The monoisotopic (exact) mass is 687 g/mol. The molecular weight excluding hydrogens is 662 g/mol. The molecule has 1 amide bonds. The van der Waals surface area contributed by atoms with Crippen molar-refractivity contribution in [2.75, 3.05) is 18.0 Å². The Morgan fingerprint density at radius 1 is 1.14 bits per heavy atom. The first-order valence-corrected chi connectivity index (χ1v) is 15.3. The SMILES string of the molecule is COc1ccc(Cl)cc1N(CC(=O)N/N=C\c1cc(C)n(-c2ccccc2Br)c1C)S(=O)(=O)c1ccc(C)c([N+](=O)[O-])c1. The van der Waals surface area contributed by atoms with Crippen LogP contribution in [-0.2, 0) is 14.8 Å². The number of nitro benzene ring substituents is 1. The molecule has 0 spiro atoms. The first-order chi connectivity index (χ1) is 20.3. The molecule has 0 bridgehead atoms. The molecule has 0 fully saturated rings. The number of sulfonamides is 1. The minimum Gasteiger partial charge on any atom is -0.495 e. The molecule has 1 heterocycles. The lowest BCUT2D eigenvalue weighted by molar-refractivity contribution is -0.385. The molecule has 4 rings (SSSR count). The summed E-state index contributed by atoms with van der Waals surface area (Å²) in [5, 5.41) is 15.8. The number of nitrogens with one attached hydrogen (secondary N) is 1. The number of rotatable bonds is 10. The fraction of sp³-hybridized carbons (Fsp3) is 0.172. The Morgan fingerprint density at radius 2 is 1.86 bits per heavy atom. The van der Waals surface area contributed by atoms with Crippen molar-refractivity contribution in [2.45, 2.75) is 25.7 Å². The van der Waals surface area contributed by atoms with Crippen molar-refractivity contribution in [2.24, 2.45) is 5.10 Å². The van der Waals surface area contributed by atoms with Crippen LogP contribution in [0.15, 0.2) is 81.2 Å². The van der Waals surface area contributed by atoms with Gasteiger partial charge >= 0.3 is 0 Å². The standard InChI is InChI=1S/C29H27BrClN5O6S/c1-18-9-11-23(15-26(18)36(38)39)43(40,41)34(27-14-22(31)10-12-28(27)42-4)17-29(37)33-32-16-21-13-19(2)35(20(21)3)25-8-6-5-7-24(25)30/h5-16H,17H2,1-4H3,(H,33,37)/b32-16-. The summed E-state index contributed by atoms with van der Waals surface area (Å²) in [5.74, 6) is -0.659. The Kier molecular flexibility index (Phi) is 9.58. The van der Waals surface area contributed by atoms with E-state index in [9.17, 15) is 23.3 Å². The molecule has 1 N–H and O–H groups in total. The molecule has 3 aromatic carbocycles. The summed E-state index contributed by atoms with van der Waals surface area (Å²) in [6, 6.07) is 17.4. The van der Waals surface area contributed by atoms with Gasteiger partial charge in [-0.3, -0.25) is 19.2 Å². The summed E-state index contributed by atoms with van der Waals surface area (Å²) in [6.07, 6.45) is 1.47. The summed E-state index contributed by atoms with van der Waals surface area (Å²) in [4.78, 5) is 23.6. The summed E-state index contributed by atoms with van der Waals surface area (Å²) in [5.41, 5.74) is 5.73. The maximum absolute atomic E-state index is 13.9. The van der Waals surface area contributed by atoms with Gasteiger partial charge in [0, 0.05) is 38.1 Å². The highest BCUT2D eigenvalue weighted by Gasteiger charge is 2.31. The van der Waals surface area contributed by atoms with Gasteiger partial charge < -0.3 is 9.30 Å². The molecule has 1 aromatic heterocycles. The number of benzene rings is 3. The van der Waals surface area contributed by atoms with E-state index in [-0.39, 0.29) is 32.6 Å². The van der Waals surface area contributed by atoms with Crippen LogP contribution in [0.1, 0.15) is 22.5 Å². The lowest BCUT2D eigenvalue weighted by atomic mass is 10.2. The van der Waals surface area contributed by atoms with Crippen molar-refractivity contribution >= 4 is 61.1 Å². The lowest BCUT2D eigenvalue weighted by Crippen LogP contribution is -2.39. The van der Waals surface area contributed by atoms with E-state index in [1.165, 1.54) is 50.6 Å². The first kappa shape index (κ1) is 31.7. The van der Waals surface area contributed by atoms with Crippen molar-refractivity contribution < 1.29 is 22.9 Å². The van der Waals surface area contributed by atoms with E-state index >= 15 is 0 Å². The number of ether oxygens (including phenoxy) is 1. The molecule has 11 nitrogen and oxygen atoms in total. The summed E-state index contributed by atoms with van der Waals surface area (Å²) < 4.78 is 36.8. The van der Waals surface area contributed by atoms with Crippen LogP contribution in [0.5, 0.6) is 5.75 Å². The Morgan fingerprint density at radius 3 is 2.53 bits per heavy atom. The zero-order chi connectivity index (χ0) is 31.5. The predicted octanol–water partition coefficient (Wildman–Crippen LogP) is 6.08. The molecule has 4 aromatic rings. The van der Waals surface area contributed by atoms with Gasteiger partial charge in [-0.2, -0.15) is 5.10 Å². The van der Waals surface area contributed by atoms with Gasteiger partial charge in [-0.1, -0.05) is 29.8 Å². The molecule has 43 heavy (non-hydrogen) atoms. The number of hydrogen-bond donors (Lipinski definition) is 1. The maximum atomic E-state index is 13.9. The molecule has 224 valence electrons. The molecule has 14 heteroatoms. The number of carbonyl (C=O) groups is 1. The van der Waals surface area contributed by atoms with E-state index < -0.39 is 27.4 Å². The number of aromatic nitrogens is 1. The van der Waals surface area contributed by atoms with Crippen LogP contribution in [0.4, 0.5) is 11.4 Å². The number of anilines is 1. The zero-order valence-corrected chi connectivity index (χ0v) is 26.7. The van der Waals surface area contributed by atoms with E-state index in [4.69, 9.17) is 16.3 Å². The molecule has 0 saturated carbocycles. The number of para-hydroxylation sites is 1. The maximum Gasteiger partial charge on any atom is 0.273 e. The molecule has 0 unspecified atom stereocenters. The molecule has 0 aliphatic rings. The average Bonchev–Trinajstić information content (AvgIpc) is 3.24. The Hall–Kier alpha value is -4.20. The molecular formula is C29H27BrClN5O6S. The van der Waals surface area contributed by atoms with Crippen LogP contribution in [0, 0.1) is 30.9 Å². The molecule has 0 saturated heterocycles. The highest BCUT2D eigenvalue weighted by Crippen LogP contribution is 2.35. The minimum absolute atomic E-state index is 0.0330. The van der Waals surface area contributed by atoms with Gasteiger partial charge in [0.2, 0.25) is 0 Å². The highest BCUT2D eigenvalue weighted by atomic mass is 79.9. The third-order valence-corrected chi connectivity index (χ3v) is 9.28. The second-order valence-corrected chi connectivity index (χ2v) is 12.6. The van der Waals surface area contributed by atoms with Gasteiger partial charge in [-0.05, 0) is 79.2 Å². The normalized spacial score (nSPS) is 11.5. The van der Waals surface area contributed by atoms with E-state index in [1.807, 2.05) is 48.7 Å². The van der Waals surface area contributed by atoms with Crippen LogP contribution in [0.25, 0.3) is 5.69 Å². The minimum atomic E-state index is -4.52. The van der Waals surface area contributed by atoms with E-state index in [0.29, 0.717) is 0 Å². The van der Waals surface area contributed by atoms with E-state index in [1.54, 1.807) is 0 Å². The Bertz CT molecular complexity index is 1860. The number of hydrazone groups is 1. The van der Waals surface area contributed by atoms with Crippen molar-refractivity contribution in [3.63, 3.8) is 0 Å². The largest absolute Gasteiger partial charge is 0.495 e. The summed E-state index contributed by atoms with van der Waals surface area (Å²) in [7, 11) is -3.19. The van der Waals surface area contributed by atoms with Crippen LogP contribution in [-0.4, -0.2) is 43.7 Å². The van der Waals surface area contributed by atoms with Crippen LogP contribution >= 0.6 is 27.5 Å². The second-order valence-electron chi connectivity index (χ2n) is 9.44. The number of nitrogens with zero attached hydrogens (tertiary/aromatic N) is 4. The number of methoxy groups -OCH3 is 1.